The monoisotopic (exact) mass is 283 g/mol. The second kappa shape index (κ2) is 7.13. The van der Waals surface area contributed by atoms with Crippen LogP contribution in [0.4, 0.5) is 4.79 Å². The molecule has 3 amide bonds. The maximum atomic E-state index is 11.5. The summed E-state index contributed by atoms with van der Waals surface area (Å²) in [5.41, 5.74) is 6.66. The fourth-order valence-electron chi connectivity index (χ4n) is 1.38. The normalized spacial score (nSPS) is 12.8. The third kappa shape index (κ3) is 5.80. The molecule has 9 nitrogen and oxygen atoms in total. The summed E-state index contributed by atoms with van der Waals surface area (Å²) in [6, 6.07) is -1.85. The van der Waals surface area contributed by atoms with Crippen LogP contribution in [-0.2, 0) is 19.5 Å². The fourth-order valence-corrected chi connectivity index (χ4v) is 1.55. The smallest absolute Gasteiger partial charge is 0.368 e. The molecule has 0 spiro atoms. The van der Waals surface area contributed by atoms with Crippen LogP contribution in [0.3, 0.4) is 0 Å². The van der Waals surface area contributed by atoms with Crippen molar-refractivity contribution in [3.05, 3.63) is 0 Å². The summed E-state index contributed by atoms with van der Waals surface area (Å²) in [6.07, 6.45) is 0.943. The number of urea groups is 1. The van der Waals surface area contributed by atoms with Gasteiger partial charge >= 0.3 is 16.4 Å². The Labute approximate surface area is 105 Å². The molecule has 10 heteroatoms. The summed E-state index contributed by atoms with van der Waals surface area (Å²) in [6.45, 7) is 3.50. The average molecular weight is 283 g/mol. The summed E-state index contributed by atoms with van der Waals surface area (Å²) < 4.78 is 32.6. The fraction of sp³-hybridized carbons (Fsp3) is 0.750. The summed E-state index contributed by atoms with van der Waals surface area (Å²) in [5.74, 6) is -0.708. The van der Waals surface area contributed by atoms with Crippen LogP contribution in [-0.4, -0.2) is 42.4 Å². The van der Waals surface area contributed by atoms with Crippen molar-refractivity contribution in [2.45, 2.75) is 32.7 Å². The molecule has 0 bridgehead atoms. The molecule has 0 aliphatic heterocycles. The van der Waals surface area contributed by atoms with E-state index in [1.807, 2.05) is 0 Å². The molecular formula is C8H17N3O6S. The number of hydrogen-bond donors (Lipinski definition) is 3. The summed E-state index contributed by atoms with van der Waals surface area (Å²) in [5, 5.41) is 0. The molecule has 18 heavy (non-hydrogen) atoms. The van der Waals surface area contributed by atoms with Gasteiger partial charge in [-0.25, -0.2) is 4.79 Å². The Morgan fingerprint density at radius 2 is 2.00 bits per heavy atom. The van der Waals surface area contributed by atoms with Gasteiger partial charge in [0.05, 0.1) is 0 Å². The van der Waals surface area contributed by atoms with Crippen LogP contribution < -0.4 is 11.2 Å². The second-order valence-corrected chi connectivity index (χ2v) is 4.43. The van der Waals surface area contributed by atoms with Gasteiger partial charge in [-0.1, -0.05) is 13.3 Å². The van der Waals surface area contributed by atoms with Gasteiger partial charge in [0, 0.05) is 6.54 Å². The van der Waals surface area contributed by atoms with E-state index in [0.29, 0.717) is 12.8 Å². The molecular weight excluding hydrogens is 266 g/mol. The molecule has 0 unspecified atom stereocenters. The Hall–Kier alpha value is -1.39. The van der Waals surface area contributed by atoms with Crippen LogP contribution in [0.1, 0.15) is 26.7 Å². The molecule has 0 radical (unpaired) electrons. The molecule has 106 valence electrons. The lowest BCUT2D eigenvalue weighted by Gasteiger charge is -2.27. The van der Waals surface area contributed by atoms with Crippen molar-refractivity contribution in [1.82, 2.24) is 10.4 Å². The number of nitrogens with two attached hydrogens (primary N) is 1. The van der Waals surface area contributed by atoms with Crippen LogP contribution in [0.15, 0.2) is 0 Å². The van der Waals surface area contributed by atoms with Crippen molar-refractivity contribution in [1.29, 1.82) is 0 Å². The molecule has 0 fully saturated rings. The molecule has 0 aliphatic rings. The van der Waals surface area contributed by atoms with Gasteiger partial charge in [0.1, 0.15) is 6.04 Å². The first-order valence-electron chi connectivity index (χ1n) is 5.24. The highest BCUT2D eigenvalue weighted by atomic mass is 32.3. The molecule has 0 rings (SSSR count). The minimum Gasteiger partial charge on any atom is -0.368 e. The lowest BCUT2D eigenvalue weighted by Crippen LogP contribution is -2.51. The lowest BCUT2D eigenvalue weighted by molar-refractivity contribution is -0.122. The van der Waals surface area contributed by atoms with E-state index in [0.717, 1.165) is 4.90 Å². The minimum absolute atomic E-state index is 0.119. The summed E-state index contributed by atoms with van der Waals surface area (Å²) >= 11 is 0. The van der Waals surface area contributed by atoms with Crippen molar-refractivity contribution in [2.75, 3.05) is 6.54 Å². The summed E-state index contributed by atoms with van der Waals surface area (Å²) in [4.78, 5) is 23.7. The van der Waals surface area contributed by atoms with Crippen molar-refractivity contribution >= 4 is 22.3 Å². The molecule has 0 aromatic heterocycles. The molecule has 1 atom stereocenters. The van der Waals surface area contributed by atoms with E-state index in [4.69, 9.17) is 10.3 Å². The van der Waals surface area contributed by atoms with Gasteiger partial charge in [0.25, 0.3) is 0 Å². The maximum Gasteiger partial charge on any atom is 0.418 e. The standard InChI is InChI=1S/C8H17N3O6S/c1-3-5-6(7(9)12)11(4-2)8(13)10-17-18(14,15)16/h6H,3-5H2,1-2H3,(H2,9,12)(H,10,13)(H,14,15,16)/t6-/m0/s1. The van der Waals surface area contributed by atoms with Gasteiger partial charge in [0.15, 0.2) is 0 Å². The lowest BCUT2D eigenvalue weighted by atomic mass is 10.1. The highest BCUT2D eigenvalue weighted by molar-refractivity contribution is 7.80. The first-order chi connectivity index (χ1) is 8.22. The zero-order valence-corrected chi connectivity index (χ0v) is 10.9. The predicted octanol–water partition coefficient (Wildman–Crippen LogP) is -0.594. The second-order valence-electron chi connectivity index (χ2n) is 3.41. The topological polar surface area (TPSA) is 139 Å². The van der Waals surface area contributed by atoms with Gasteiger partial charge < -0.3 is 10.6 Å². The van der Waals surface area contributed by atoms with Crippen LogP contribution in [0.25, 0.3) is 0 Å². The van der Waals surface area contributed by atoms with E-state index in [9.17, 15) is 18.0 Å². The van der Waals surface area contributed by atoms with E-state index in [1.54, 1.807) is 13.8 Å². The van der Waals surface area contributed by atoms with Gasteiger partial charge in [-0.2, -0.15) is 13.9 Å². The first kappa shape index (κ1) is 16.6. The third-order valence-electron chi connectivity index (χ3n) is 2.10. The number of amides is 3. The average Bonchev–Trinajstić information content (AvgIpc) is 2.25. The van der Waals surface area contributed by atoms with E-state index in [2.05, 4.69) is 4.28 Å². The van der Waals surface area contributed by atoms with E-state index >= 15 is 0 Å². The Bertz CT molecular complexity index is 396. The molecule has 0 heterocycles. The summed E-state index contributed by atoms with van der Waals surface area (Å²) in [7, 11) is -4.79. The Kier molecular flexibility index (Phi) is 6.58. The largest absolute Gasteiger partial charge is 0.418 e. The number of carbonyl (C=O) groups is 2. The molecule has 0 aliphatic carbocycles. The van der Waals surface area contributed by atoms with Crippen LogP contribution in [0.5, 0.6) is 0 Å². The maximum absolute atomic E-state index is 11.5. The van der Waals surface area contributed by atoms with Crippen molar-refractivity contribution in [2.24, 2.45) is 5.73 Å². The van der Waals surface area contributed by atoms with Crippen molar-refractivity contribution in [3.8, 4) is 0 Å². The number of hydroxylamine groups is 1. The Balaban J connectivity index is 4.73. The number of likely N-dealkylation sites (N-methyl/N-ethyl adjacent to an activating group) is 1. The number of primary amides is 1. The van der Waals surface area contributed by atoms with Crippen LogP contribution >= 0.6 is 0 Å². The van der Waals surface area contributed by atoms with Gasteiger partial charge in [-0.3, -0.25) is 9.35 Å². The van der Waals surface area contributed by atoms with Gasteiger partial charge in [-0.05, 0) is 13.3 Å². The minimum atomic E-state index is -4.79. The zero-order chi connectivity index (χ0) is 14.3. The van der Waals surface area contributed by atoms with E-state index < -0.39 is 28.4 Å². The SMILES string of the molecule is CCC[C@@H](C(N)=O)N(CC)C(=O)NOS(=O)(=O)O. The molecule has 0 aromatic rings. The van der Waals surface area contributed by atoms with E-state index in [1.165, 1.54) is 5.48 Å². The van der Waals surface area contributed by atoms with Crippen molar-refractivity contribution < 1.29 is 26.8 Å². The van der Waals surface area contributed by atoms with Gasteiger partial charge in [-0.15, -0.1) is 4.28 Å². The number of rotatable bonds is 7. The quantitative estimate of drug-likeness (QED) is 0.421. The number of nitrogens with zero attached hydrogens (tertiary/aromatic N) is 1. The Morgan fingerprint density at radius 1 is 1.44 bits per heavy atom. The zero-order valence-electron chi connectivity index (χ0n) is 10.1. The first-order valence-corrected chi connectivity index (χ1v) is 6.61. The molecule has 0 aromatic carbocycles. The highest BCUT2D eigenvalue weighted by Gasteiger charge is 2.27. The number of carbonyl (C=O) groups excluding carboxylic acids is 2. The van der Waals surface area contributed by atoms with Crippen LogP contribution in [0.2, 0.25) is 0 Å². The van der Waals surface area contributed by atoms with Crippen molar-refractivity contribution in [3.63, 3.8) is 0 Å². The third-order valence-corrected chi connectivity index (χ3v) is 2.40. The van der Waals surface area contributed by atoms with Gasteiger partial charge in [0.2, 0.25) is 5.91 Å². The highest BCUT2D eigenvalue weighted by Crippen LogP contribution is 2.07. The molecule has 0 saturated carbocycles. The predicted molar refractivity (Wildman–Crippen MR) is 61.4 cm³/mol. The van der Waals surface area contributed by atoms with E-state index in [-0.39, 0.29) is 6.54 Å². The molecule has 4 N–H and O–H groups in total. The molecule has 0 saturated heterocycles. The number of hydrogen-bond acceptors (Lipinski definition) is 5. The van der Waals surface area contributed by atoms with Crippen LogP contribution in [0, 0.1) is 0 Å². The Morgan fingerprint density at radius 3 is 2.33 bits per heavy atom. The number of nitrogens with one attached hydrogen (secondary N) is 1.